The fraction of sp³-hybridized carbons (Fsp3) is 0.481. The van der Waals surface area contributed by atoms with E-state index in [-0.39, 0.29) is 5.92 Å². The van der Waals surface area contributed by atoms with Gasteiger partial charge in [-0.1, -0.05) is 0 Å². The van der Waals surface area contributed by atoms with Gasteiger partial charge in [-0.15, -0.1) is 0 Å². The van der Waals surface area contributed by atoms with Crippen LogP contribution in [0.3, 0.4) is 0 Å². The fourth-order valence-electron chi connectivity index (χ4n) is 5.12. The maximum Gasteiger partial charge on any atom is 0.308 e. The first-order valence-corrected chi connectivity index (χ1v) is 12.4. The summed E-state index contributed by atoms with van der Waals surface area (Å²) in [7, 11) is 1.62. The van der Waals surface area contributed by atoms with E-state index < -0.39 is 18.0 Å². The van der Waals surface area contributed by atoms with E-state index in [1.165, 1.54) is 5.56 Å². The van der Waals surface area contributed by atoms with Crippen LogP contribution in [-0.4, -0.2) is 63.0 Å². The van der Waals surface area contributed by atoms with Crippen molar-refractivity contribution >= 4 is 16.9 Å². The van der Waals surface area contributed by atoms with Crippen LogP contribution in [0.4, 0.5) is 0 Å². The number of pyridine rings is 1. The monoisotopic (exact) mass is 478 g/mol. The summed E-state index contributed by atoms with van der Waals surface area (Å²) in [6, 6.07) is 9.45. The summed E-state index contributed by atoms with van der Waals surface area (Å²) < 4.78 is 5.34. The molecule has 0 bridgehead atoms. The number of likely N-dealkylation sites (tertiary alicyclic amines) is 1. The van der Waals surface area contributed by atoms with Crippen LogP contribution in [0.2, 0.25) is 0 Å². The highest BCUT2D eigenvalue weighted by atomic mass is 16.5. The van der Waals surface area contributed by atoms with Crippen molar-refractivity contribution in [2.45, 2.75) is 44.6 Å². The number of methoxy groups -OCH3 is 1. The highest BCUT2D eigenvalue weighted by Crippen LogP contribution is 2.33. The molecule has 186 valence electrons. The number of rotatable bonds is 11. The molecule has 0 radical (unpaired) electrons. The minimum absolute atomic E-state index is 0.0592. The Balaban J connectivity index is 1.30. The van der Waals surface area contributed by atoms with Gasteiger partial charge in [-0.3, -0.25) is 9.78 Å². The van der Waals surface area contributed by atoms with E-state index in [9.17, 15) is 15.0 Å². The van der Waals surface area contributed by atoms with E-state index in [1.807, 2.05) is 30.3 Å². The second-order valence-corrected chi connectivity index (χ2v) is 9.38. The second-order valence-electron chi connectivity index (χ2n) is 9.38. The third kappa shape index (κ3) is 6.52. The van der Waals surface area contributed by atoms with Gasteiger partial charge >= 0.3 is 5.97 Å². The molecule has 1 aliphatic heterocycles. The number of benzene rings is 1. The van der Waals surface area contributed by atoms with Crippen molar-refractivity contribution in [1.29, 1.82) is 0 Å². The van der Waals surface area contributed by atoms with Crippen molar-refractivity contribution in [2.75, 3.05) is 26.7 Å². The van der Waals surface area contributed by atoms with Crippen LogP contribution in [0.15, 0.2) is 48.9 Å². The van der Waals surface area contributed by atoms with E-state index in [2.05, 4.69) is 20.1 Å². The molecule has 0 aliphatic carbocycles. The molecule has 3 atom stereocenters. The van der Waals surface area contributed by atoms with E-state index >= 15 is 0 Å². The van der Waals surface area contributed by atoms with Crippen LogP contribution < -0.4 is 4.74 Å². The number of hydrogen-bond donors (Lipinski definition) is 2. The van der Waals surface area contributed by atoms with Gasteiger partial charge < -0.3 is 19.8 Å². The second kappa shape index (κ2) is 12.0. The topological polar surface area (TPSA) is 109 Å². The molecule has 2 N–H and O–H groups in total. The van der Waals surface area contributed by atoms with E-state index in [1.54, 1.807) is 25.7 Å². The number of aryl methyl sites for hydroxylation is 1. The number of ether oxygens (including phenoxy) is 1. The number of aliphatic hydroxyl groups is 1. The first-order chi connectivity index (χ1) is 17.0. The molecular formula is C27H34N4O4. The standard InChI is InChI=1S/C27H34N4O4/c1-35-21-6-7-25-23(16-21)22(10-12-28-25)26(32)8-5-20-11-15-31(18-24(20)27(33)34)14-3-2-4-19-9-13-29-30-17-19/h6-7,9-10,12-13,16-17,20,24,26,32H,2-5,8,11,14-15,18H2,1H3,(H,33,34)/t20-,24+,26-/m1/s1. The van der Waals surface area contributed by atoms with Crippen molar-refractivity contribution in [1.82, 2.24) is 20.1 Å². The number of unbranched alkanes of at least 4 members (excludes halogenated alkanes) is 1. The van der Waals surface area contributed by atoms with Crippen LogP contribution in [0.25, 0.3) is 10.9 Å². The fourth-order valence-corrected chi connectivity index (χ4v) is 5.12. The SMILES string of the molecule is COc1ccc2nccc([C@H](O)CC[C@@H]3CCN(CCCCc4ccnnc4)C[C@@H]3C(=O)O)c2c1. The van der Waals surface area contributed by atoms with E-state index in [4.69, 9.17) is 4.74 Å². The van der Waals surface area contributed by atoms with E-state index in [0.29, 0.717) is 19.4 Å². The maximum atomic E-state index is 12.1. The van der Waals surface area contributed by atoms with Crippen LogP contribution in [0, 0.1) is 11.8 Å². The first-order valence-electron chi connectivity index (χ1n) is 12.4. The maximum absolute atomic E-state index is 12.1. The van der Waals surface area contributed by atoms with Crippen molar-refractivity contribution in [3.63, 3.8) is 0 Å². The first kappa shape index (κ1) is 25.0. The summed E-state index contributed by atoms with van der Waals surface area (Å²) in [5.41, 5.74) is 2.79. The number of carboxylic acids is 1. The van der Waals surface area contributed by atoms with Gasteiger partial charge in [-0.25, -0.2) is 0 Å². The van der Waals surface area contributed by atoms with Gasteiger partial charge in [-0.2, -0.15) is 10.2 Å². The quantitative estimate of drug-likeness (QED) is 0.400. The zero-order valence-corrected chi connectivity index (χ0v) is 20.2. The Morgan fingerprint density at radius 2 is 2.09 bits per heavy atom. The molecule has 3 heterocycles. The van der Waals surface area contributed by atoms with Gasteiger partial charge in [0.05, 0.1) is 30.8 Å². The molecule has 4 rings (SSSR count). The molecule has 0 unspecified atom stereocenters. The molecular weight excluding hydrogens is 444 g/mol. The highest BCUT2D eigenvalue weighted by molar-refractivity contribution is 5.83. The van der Waals surface area contributed by atoms with E-state index in [0.717, 1.165) is 61.0 Å². The highest BCUT2D eigenvalue weighted by Gasteiger charge is 2.34. The lowest BCUT2D eigenvalue weighted by Gasteiger charge is -2.37. The zero-order chi connectivity index (χ0) is 24.6. The number of aliphatic hydroxyl groups excluding tert-OH is 1. The van der Waals surface area contributed by atoms with Gasteiger partial charge in [-0.05, 0) is 99.0 Å². The third-order valence-corrected chi connectivity index (χ3v) is 7.14. The number of piperidine rings is 1. The lowest BCUT2D eigenvalue weighted by atomic mass is 9.81. The molecule has 35 heavy (non-hydrogen) atoms. The summed E-state index contributed by atoms with van der Waals surface area (Å²) in [6.45, 7) is 2.38. The van der Waals surface area contributed by atoms with Crippen LogP contribution in [-0.2, 0) is 11.2 Å². The normalized spacial score (nSPS) is 19.5. The molecule has 8 nitrogen and oxygen atoms in total. The Kier molecular flexibility index (Phi) is 8.60. The van der Waals surface area contributed by atoms with Crippen molar-refractivity contribution in [3.8, 4) is 5.75 Å². The zero-order valence-electron chi connectivity index (χ0n) is 20.2. The molecule has 0 saturated carbocycles. The molecule has 1 aromatic carbocycles. The Hall–Kier alpha value is -3.10. The molecule has 1 aliphatic rings. The van der Waals surface area contributed by atoms with Gasteiger partial charge in [0, 0.05) is 24.3 Å². The molecule has 1 saturated heterocycles. The van der Waals surface area contributed by atoms with Gasteiger partial charge in [0.2, 0.25) is 0 Å². The molecule has 8 heteroatoms. The predicted octanol–water partition coefficient (Wildman–Crippen LogP) is 3.89. The number of aliphatic carboxylic acids is 1. The Morgan fingerprint density at radius 1 is 1.20 bits per heavy atom. The van der Waals surface area contributed by atoms with Crippen molar-refractivity contribution in [3.05, 3.63) is 60.0 Å². The smallest absolute Gasteiger partial charge is 0.308 e. The number of hydrogen-bond acceptors (Lipinski definition) is 7. The minimum atomic E-state index is -0.740. The van der Waals surface area contributed by atoms with Crippen molar-refractivity contribution < 1.29 is 19.7 Å². The summed E-state index contributed by atoms with van der Waals surface area (Å²) in [4.78, 5) is 18.7. The van der Waals surface area contributed by atoms with Gasteiger partial charge in [0.25, 0.3) is 0 Å². The molecule has 0 amide bonds. The van der Waals surface area contributed by atoms with Crippen LogP contribution in [0.1, 0.15) is 49.3 Å². The number of fused-ring (bicyclic) bond motifs is 1. The number of carboxylic acid groups (broad SMARTS) is 1. The van der Waals surface area contributed by atoms with Gasteiger partial charge in [0.1, 0.15) is 5.75 Å². The summed E-state index contributed by atoms with van der Waals surface area (Å²) in [5.74, 6) is -0.371. The summed E-state index contributed by atoms with van der Waals surface area (Å²) in [6.07, 6.45) is 9.59. The molecule has 1 fully saturated rings. The van der Waals surface area contributed by atoms with Gasteiger partial charge in [0.15, 0.2) is 0 Å². The molecule has 0 spiro atoms. The van der Waals surface area contributed by atoms with Crippen LogP contribution >= 0.6 is 0 Å². The molecule has 2 aromatic heterocycles. The Morgan fingerprint density at radius 3 is 2.86 bits per heavy atom. The number of nitrogens with zero attached hydrogens (tertiary/aromatic N) is 4. The Bertz CT molecular complexity index is 1110. The molecule has 3 aromatic rings. The number of aromatic nitrogens is 3. The van der Waals surface area contributed by atoms with Crippen LogP contribution in [0.5, 0.6) is 5.75 Å². The third-order valence-electron chi connectivity index (χ3n) is 7.14. The Labute approximate surface area is 206 Å². The van der Waals surface area contributed by atoms with Crippen molar-refractivity contribution in [2.24, 2.45) is 11.8 Å². The average Bonchev–Trinajstić information content (AvgIpc) is 2.89. The summed E-state index contributed by atoms with van der Waals surface area (Å²) >= 11 is 0. The lowest BCUT2D eigenvalue weighted by Crippen LogP contribution is -2.44. The summed E-state index contributed by atoms with van der Waals surface area (Å²) in [5, 5.41) is 29.5. The average molecular weight is 479 g/mol. The largest absolute Gasteiger partial charge is 0.497 e. The predicted molar refractivity (Wildman–Crippen MR) is 133 cm³/mol. The number of carbonyl (C=O) groups is 1. The minimum Gasteiger partial charge on any atom is -0.497 e. The lowest BCUT2D eigenvalue weighted by molar-refractivity contribution is -0.146.